The van der Waals surface area contributed by atoms with E-state index in [1.165, 1.54) is 25.7 Å². The lowest BCUT2D eigenvalue weighted by Crippen LogP contribution is -2.25. The van der Waals surface area contributed by atoms with Crippen molar-refractivity contribution in [1.29, 1.82) is 0 Å². The summed E-state index contributed by atoms with van der Waals surface area (Å²) < 4.78 is 0. The molecule has 1 aromatic rings. The number of aryl methyl sites for hydroxylation is 1. The Morgan fingerprint density at radius 1 is 1.38 bits per heavy atom. The van der Waals surface area contributed by atoms with Crippen molar-refractivity contribution in [2.75, 3.05) is 11.9 Å². The van der Waals surface area contributed by atoms with Crippen LogP contribution in [0.4, 0.5) is 5.95 Å². The van der Waals surface area contributed by atoms with Gasteiger partial charge in [-0.15, -0.1) is 0 Å². The number of hydrogen-bond donors (Lipinski definition) is 1. The van der Waals surface area contributed by atoms with Crippen LogP contribution in [0.2, 0.25) is 0 Å². The fourth-order valence-corrected chi connectivity index (χ4v) is 2.45. The zero-order valence-corrected chi connectivity index (χ0v) is 10.2. The first-order chi connectivity index (χ1) is 7.75. The standard InChI is InChI=1S/C13H21N3/c1-10-5-3-4-6-12(10)9-15-13-14-8-7-11(2)16-13/h7-8,10,12H,3-6,9H2,1-2H3,(H,14,15,16). The fraction of sp³-hybridized carbons (Fsp3) is 0.692. The van der Waals surface area contributed by atoms with E-state index in [9.17, 15) is 0 Å². The van der Waals surface area contributed by atoms with E-state index >= 15 is 0 Å². The predicted octanol–water partition coefficient (Wildman–Crippen LogP) is 3.02. The Kier molecular flexibility index (Phi) is 3.75. The van der Waals surface area contributed by atoms with Gasteiger partial charge in [0.05, 0.1) is 0 Å². The zero-order chi connectivity index (χ0) is 11.4. The van der Waals surface area contributed by atoms with Crippen LogP contribution in [-0.4, -0.2) is 16.5 Å². The molecule has 0 aliphatic heterocycles. The lowest BCUT2D eigenvalue weighted by molar-refractivity contribution is 0.268. The quantitative estimate of drug-likeness (QED) is 0.849. The molecule has 16 heavy (non-hydrogen) atoms. The molecule has 0 saturated heterocycles. The molecule has 0 spiro atoms. The lowest BCUT2D eigenvalue weighted by atomic mass is 9.80. The molecule has 1 fully saturated rings. The van der Waals surface area contributed by atoms with E-state index < -0.39 is 0 Å². The first-order valence-electron chi connectivity index (χ1n) is 6.29. The molecule has 0 amide bonds. The summed E-state index contributed by atoms with van der Waals surface area (Å²) in [5.74, 6) is 2.40. The number of anilines is 1. The van der Waals surface area contributed by atoms with E-state index in [1.807, 2.05) is 19.2 Å². The number of nitrogens with zero attached hydrogens (tertiary/aromatic N) is 2. The van der Waals surface area contributed by atoms with E-state index in [2.05, 4.69) is 22.2 Å². The summed E-state index contributed by atoms with van der Waals surface area (Å²) in [7, 11) is 0. The Labute approximate surface area is 97.7 Å². The predicted molar refractivity (Wildman–Crippen MR) is 66.4 cm³/mol. The van der Waals surface area contributed by atoms with Gasteiger partial charge in [-0.2, -0.15) is 0 Å². The maximum absolute atomic E-state index is 4.36. The van der Waals surface area contributed by atoms with Crippen LogP contribution in [0.15, 0.2) is 12.3 Å². The van der Waals surface area contributed by atoms with Crippen LogP contribution in [0.5, 0.6) is 0 Å². The SMILES string of the molecule is Cc1ccnc(NCC2CCCCC2C)n1. The van der Waals surface area contributed by atoms with Gasteiger partial charge in [-0.3, -0.25) is 0 Å². The molecule has 1 aliphatic carbocycles. The van der Waals surface area contributed by atoms with Crippen LogP contribution in [-0.2, 0) is 0 Å². The minimum atomic E-state index is 0.776. The zero-order valence-electron chi connectivity index (χ0n) is 10.2. The molecule has 1 heterocycles. The van der Waals surface area contributed by atoms with Gasteiger partial charge in [-0.25, -0.2) is 9.97 Å². The van der Waals surface area contributed by atoms with Gasteiger partial charge in [0.25, 0.3) is 0 Å². The maximum Gasteiger partial charge on any atom is 0.222 e. The number of hydrogen-bond acceptors (Lipinski definition) is 3. The molecule has 0 bridgehead atoms. The molecular weight excluding hydrogens is 198 g/mol. The Hall–Kier alpha value is -1.12. The minimum absolute atomic E-state index is 0.776. The summed E-state index contributed by atoms with van der Waals surface area (Å²) in [6, 6.07) is 1.93. The molecule has 2 unspecified atom stereocenters. The summed E-state index contributed by atoms with van der Waals surface area (Å²) in [4.78, 5) is 8.59. The third kappa shape index (κ3) is 2.94. The van der Waals surface area contributed by atoms with Gasteiger partial charge in [0.2, 0.25) is 5.95 Å². The second kappa shape index (κ2) is 5.28. The smallest absolute Gasteiger partial charge is 0.222 e. The van der Waals surface area contributed by atoms with Crippen LogP contribution in [0, 0.1) is 18.8 Å². The molecule has 0 radical (unpaired) electrons. The van der Waals surface area contributed by atoms with Gasteiger partial charge < -0.3 is 5.32 Å². The molecule has 1 N–H and O–H groups in total. The molecule has 1 saturated carbocycles. The average molecular weight is 219 g/mol. The number of rotatable bonds is 3. The monoisotopic (exact) mass is 219 g/mol. The van der Waals surface area contributed by atoms with Crippen LogP contribution >= 0.6 is 0 Å². The molecule has 88 valence electrons. The van der Waals surface area contributed by atoms with E-state index in [0.29, 0.717) is 0 Å². The molecule has 2 rings (SSSR count). The third-order valence-corrected chi connectivity index (χ3v) is 3.61. The number of nitrogens with one attached hydrogen (secondary N) is 1. The molecule has 1 aromatic heterocycles. The average Bonchev–Trinajstić information content (AvgIpc) is 2.28. The van der Waals surface area contributed by atoms with Gasteiger partial charge in [0.15, 0.2) is 0 Å². The molecule has 0 aromatic carbocycles. The first-order valence-corrected chi connectivity index (χ1v) is 6.29. The molecular formula is C13H21N3. The lowest BCUT2D eigenvalue weighted by Gasteiger charge is -2.28. The van der Waals surface area contributed by atoms with Crippen LogP contribution in [0.1, 0.15) is 38.3 Å². The van der Waals surface area contributed by atoms with Crippen molar-refractivity contribution in [3.8, 4) is 0 Å². The summed E-state index contributed by atoms with van der Waals surface area (Å²) in [5.41, 5.74) is 1.02. The van der Waals surface area contributed by atoms with Crippen molar-refractivity contribution in [1.82, 2.24) is 9.97 Å². The first kappa shape index (κ1) is 11.4. The van der Waals surface area contributed by atoms with Crippen molar-refractivity contribution in [2.45, 2.75) is 39.5 Å². The van der Waals surface area contributed by atoms with Gasteiger partial charge in [0.1, 0.15) is 0 Å². The normalized spacial score (nSPS) is 25.4. The summed E-state index contributed by atoms with van der Waals surface area (Å²) in [6.45, 7) is 5.38. The highest BCUT2D eigenvalue weighted by Crippen LogP contribution is 2.29. The van der Waals surface area contributed by atoms with Crippen molar-refractivity contribution in [2.24, 2.45) is 11.8 Å². The second-order valence-corrected chi connectivity index (χ2v) is 4.92. The van der Waals surface area contributed by atoms with E-state index in [1.54, 1.807) is 0 Å². The highest BCUT2D eigenvalue weighted by molar-refractivity contribution is 5.24. The second-order valence-electron chi connectivity index (χ2n) is 4.92. The Morgan fingerprint density at radius 3 is 2.94 bits per heavy atom. The van der Waals surface area contributed by atoms with Crippen LogP contribution in [0.25, 0.3) is 0 Å². The van der Waals surface area contributed by atoms with Gasteiger partial charge in [-0.05, 0) is 31.2 Å². The van der Waals surface area contributed by atoms with Gasteiger partial charge in [-0.1, -0.05) is 26.2 Å². The highest BCUT2D eigenvalue weighted by Gasteiger charge is 2.20. The Balaban J connectivity index is 1.86. The van der Waals surface area contributed by atoms with Gasteiger partial charge in [0, 0.05) is 18.4 Å². The van der Waals surface area contributed by atoms with Crippen LogP contribution in [0.3, 0.4) is 0 Å². The molecule has 1 aliphatic rings. The third-order valence-electron chi connectivity index (χ3n) is 3.61. The number of aromatic nitrogens is 2. The fourth-order valence-electron chi connectivity index (χ4n) is 2.45. The largest absolute Gasteiger partial charge is 0.354 e. The molecule has 3 heteroatoms. The highest BCUT2D eigenvalue weighted by atomic mass is 15.1. The van der Waals surface area contributed by atoms with E-state index in [-0.39, 0.29) is 0 Å². The Morgan fingerprint density at radius 2 is 2.19 bits per heavy atom. The topological polar surface area (TPSA) is 37.8 Å². The Bertz CT molecular complexity index is 338. The summed E-state index contributed by atoms with van der Waals surface area (Å²) in [5, 5.41) is 3.36. The molecule has 2 atom stereocenters. The molecule has 3 nitrogen and oxygen atoms in total. The van der Waals surface area contributed by atoms with Crippen molar-refractivity contribution in [3.05, 3.63) is 18.0 Å². The van der Waals surface area contributed by atoms with Gasteiger partial charge >= 0.3 is 0 Å². The van der Waals surface area contributed by atoms with Crippen molar-refractivity contribution < 1.29 is 0 Å². The summed E-state index contributed by atoms with van der Waals surface area (Å²) >= 11 is 0. The van der Waals surface area contributed by atoms with Crippen molar-refractivity contribution in [3.63, 3.8) is 0 Å². The minimum Gasteiger partial charge on any atom is -0.354 e. The van der Waals surface area contributed by atoms with E-state index in [4.69, 9.17) is 0 Å². The van der Waals surface area contributed by atoms with Crippen LogP contribution < -0.4 is 5.32 Å². The van der Waals surface area contributed by atoms with Crippen molar-refractivity contribution >= 4 is 5.95 Å². The van der Waals surface area contributed by atoms with E-state index in [0.717, 1.165) is 30.0 Å². The maximum atomic E-state index is 4.36. The summed E-state index contributed by atoms with van der Waals surface area (Å²) in [6.07, 6.45) is 7.32.